The van der Waals surface area contributed by atoms with Crippen LogP contribution in [0.2, 0.25) is 0 Å². The fraction of sp³-hybridized carbons (Fsp3) is 0.550. The average molecular weight is 389 g/mol. The van der Waals surface area contributed by atoms with Gasteiger partial charge in [0.15, 0.2) is 0 Å². The number of allylic oxidation sites excluding steroid dienone is 2. The van der Waals surface area contributed by atoms with Crippen LogP contribution in [-0.2, 0) is 14.3 Å². The number of pyridine rings is 1. The first-order valence-electron chi connectivity index (χ1n) is 9.50. The molecule has 0 saturated carbocycles. The van der Waals surface area contributed by atoms with Gasteiger partial charge in [-0.15, -0.1) is 0 Å². The average Bonchev–Trinajstić information content (AvgIpc) is 2.70. The third-order valence-electron chi connectivity index (χ3n) is 5.61. The number of amides is 1. The highest BCUT2D eigenvalue weighted by atomic mass is 16.5. The molecule has 2 aliphatic rings. The number of aliphatic carboxylic acids is 1. The number of ether oxygens (including phenoxy) is 2. The van der Waals surface area contributed by atoms with Gasteiger partial charge in [-0.1, -0.05) is 11.1 Å². The van der Waals surface area contributed by atoms with Crippen LogP contribution in [0.25, 0.3) is 0 Å². The third kappa shape index (κ3) is 4.27. The van der Waals surface area contributed by atoms with Gasteiger partial charge in [0.05, 0.1) is 26.2 Å². The number of morpholine rings is 1. The summed E-state index contributed by atoms with van der Waals surface area (Å²) < 4.78 is 10.7. The molecule has 0 bridgehead atoms. The molecular formula is C20H27N3O5. The molecule has 0 aromatic carbocycles. The lowest BCUT2D eigenvalue weighted by Gasteiger charge is -2.33. The summed E-state index contributed by atoms with van der Waals surface area (Å²) >= 11 is 0. The van der Waals surface area contributed by atoms with Gasteiger partial charge in [-0.2, -0.15) is 0 Å². The zero-order valence-corrected chi connectivity index (χ0v) is 16.5. The van der Waals surface area contributed by atoms with Gasteiger partial charge in [-0.3, -0.25) is 9.69 Å². The molecule has 2 atom stereocenters. The minimum absolute atomic E-state index is 0.311. The Kier molecular flexibility index (Phi) is 6.18. The summed E-state index contributed by atoms with van der Waals surface area (Å²) in [5.41, 5.74) is 2.67. The Morgan fingerprint density at radius 2 is 1.82 bits per heavy atom. The van der Waals surface area contributed by atoms with Crippen molar-refractivity contribution < 1.29 is 29.2 Å². The number of H-pyrrole nitrogens is 1. The van der Waals surface area contributed by atoms with Crippen LogP contribution in [-0.4, -0.2) is 45.3 Å². The molecule has 1 saturated heterocycles. The predicted octanol–water partition coefficient (Wildman–Crippen LogP) is 0.397. The molecule has 1 aliphatic heterocycles. The predicted molar refractivity (Wildman–Crippen MR) is 101 cm³/mol. The largest absolute Gasteiger partial charge is 0.550 e. The highest BCUT2D eigenvalue weighted by Crippen LogP contribution is 2.35. The summed E-state index contributed by atoms with van der Waals surface area (Å²) in [4.78, 5) is 29.9. The molecular weight excluding hydrogens is 362 g/mol. The smallest absolute Gasteiger partial charge is 0.301 e. The van der Waals surface area contributed by atoms with Crippen LogP contribution in [0.3, 0.4) is 0 Å². The minimum Gasteiger partial charge on any atom is -0.550 e. The normalized spacial score (nSPS) is 22.8. The molecule has 1 aliphatic carbocycles. The molecule has 1 aromatic rings. The summed E-state index contributed by atoms with van der Waals surface area (Å²) in [6.07, 6.45) is 0.764. The number of carbonyl (C=O) groups excluding carboxylic acids is 2. The second-order valence-corrected chi connectivity index (χ2v) is 7.38. The summed E-state index contributed by atoms with van der Waals surface area (Å²) in [5, 5.41) is 14.5. The third-order valence-corrected chi connectivity index (χ3v) is 5.61. The van der Waals surface area contributed by atoms with Crippen LogP contribution in [0.1, 0.15) is 26.7 Å². The second-order valence-electron chi connectivity index (χ2n) is 7.38. The van der Waals surface area contributed by atoms with Crippen LogP contribution in [0, 0.1) is 11.8 Å². The molecule has 2 N–H and O–H groups in total. The van der Waals surface area contributed by atoms with Gasteiger partial charge in [-0.25, -0.2) is 4.98 Å². The van der Waals surface area contributed by atoms with Gasteiger partial charge in [0.2, 0.25) is 5.91 Å². The second kappa shape index (κ2) is 8.60. The van der Waals surface area contributed by atoms with Gasteiger partial charge in [0, 0.05) is 18.0 Å². The van der Waals surface area contributed by atoms with Crippen molar-refractivity contribution >= 4 is 23.4 Å². The first-order chi connectivity index (χ1) is 13.4. The Balaban J connectivity index is 1.85. The van der Waals surface area contributed by atoms with Gasteiger partial charge >= 0.3 is 5.82 Å². The van der Waals surface area contributed by atoms with Crippen LogP contribution in [0.5, 0.6) is 5.88 Å². The van der Waals surface area contributed by atoms with E-state index in [1.165, 1.54) is 0 Å². The number of rotatable bonds is 5. The van der Waals surface area contributed by atoms with E-state index in [2.05, 4.69) is 15.2 Å². The summed E-state index contributed by atoms with van der Waals surface area (Å²) in [5.74, 6) is -1.68. The number of aromatic amines is 1. The molecule has 1 fully saturated rings. The van der Waals surface area contributed by atoms with Gasteiger partial charge in [-0.05, 0) is 32.8 Å². The van der Waals surface area contributed by atoms with Crippen molar-refractivity contribution in [3.63, 3.8) is 0 Å². The number of carbonyl (C=O) groups is 2. The maximum atomic E-state index is 13.0. The van der Waals surface area contributed by atoms with Crippen LogP contribution in [0.15, 0.2) is 23.3 Å². The van der Waals surface area contributed by atoms with Gasteiger partial charge < -0.3 is 24.7 Å². The molecule has 0 spiro atoms. The van der Waals surface area contributed by atoms with Crippen LogP contribution >= 0.6 is 0 Å². The maximum Gasteiger partial charge on any atom is 0.301 e. The van der Waals surface area contributed by atoms with Crippen LogP contribution in [0.4, 0.5) is 11.5 Å². The molecule has 2 heterocycles. The standard InChI is InChI=1S/C20H27N3O5/c1-12-10-14(15(20(25)26)11-13(12)2)19(24)21-16-4-5-17(27-3)22-18(16)23-6-8-28-9-7-23/h4-5,14-15H,6-11H2,1-3H3,(H,21,24)(H,25,26)/t14-,15-/m0/s1. The van der Waals surface area contributed by atoms with Gasteiger partial charge in [0.1, 0.15) is 18.8 Å². The van der Waals surface area contributed by atoms with E-state index in [-0.39, 0.29) is 5.91 Å². The summed E-state index contributed by atoms with van der Waals surface area (Å²) in [6.45, 7) is 6.40. The molecule has 8 nitrogen and oxygen atoms in total. The van der Waals surface area contributed by atoms with Crippen molar-refractivity contribution in [2.24, 2.45) is 11.8 Å². The van der Waals surface area contributed by atoms with Crippen molar-refractivity contribution in [1.82, 2.24) is 0 Å². The van der Waals surface area contributed by atoms with Crippen molar-refractivity contribution in [2.75, 3.05) is 43.6 Å². The van der Waals surface area contributed by atoms with E-state index in [1.54, 1.807) is 19.2 Å². The first-order valence-corrected chi connectivity index (χ1v) is 9.50. The summed E-state index contributed by atoms with van der Waals surface area (Å²) in [7, 11) is 1.57. The molecule has 1 amide bonds. The highest BCUT2D eigenvalue weighted by Gasteiger charge is 2.35. The van der Waals surface area contributed by atoms with Crippen molar-refractivity contribution in [2.45, 2.75) is 26.7 Å². The Morgan fingerprint density at radius 1 is 1.18 bits per heavy atom. The number of anilines is 2. The fourth-order valence-corrected chi connectivity index (χ4v) is 3.76. The Hall–Kier alpha value is -2.61. The molecule has 3 rings (SSSR count). The van der Waals surface area contributed by atoms with Gasteiger partial charge in [0.25, 0.3) is 5.88 Å². The van der Waals surface area contributed by atoms with E-state index in [0.29, 0.717) is 50.7 Å². The van der Waals surface area contributed by atoms with E-state index >= 15 is 0 Å². The number of hydrogen-bond donors (Lipinski definition) is 1. The molecule has 28 heavy (non-hydrogen) atoms. The quantitative estimate of drug-likeness (QED) is 0.731. The number of aromatic nitrogens is 1. The summed E-state index contributed by atoms with van der Waals surface area (Å²) in [6, 6.07) is 3.49. The van der Waals surface area contributed by atoms with Crippen molar-refractivity contribution in [3.05, 3.63) is 23.3 Å². The fourth-order valence-electron chi connectivity index (χ4n) is 3.76. The zero-order valence-electron chi connectivity index (χ0n) is 16.5. The lowest BCUT2D eigenvalue weighted by atomic mass is 9.76. The molecule has 8 heteroatoms. The number of hydrogen-bond acceptors (Lipinski definition) is 6. The lowest BCUT2D eigenvalue weighted by Crippen LogP contribution is -2.43. The van der Waals surface area contributed by atoms with E-state index in [4.69, 9.17) is 9.47 Å². The maximum absolute atomic E-state index is 13.0. The minimum atomic E-state index is -1.18. The number of nitrogens with one attached hydrogen (secondary N) is 2. The topological polar surface area (TPSA) is 105 Å². The molecule has 152 valence electrons. The monoisotopic (exact) mass is 389 g/mol. The SMILES string of the molecule is COc1ccc(NC(=O)[C@H]2CC(C)=C(C)C[C@@H]2C(=O)[O-])c(N2CCOCC2)[nH+]1. The highest BCUT2D eigenvalue weighted by molar-refractivity contribution is 5.97. The Bertz CT molecular complexity index is 786. The van der Waals surface area contributed by atoms with Crippen LogP contribution < -0.4 is 25.0 Å². The molecule has 0 radical (unpaired) electrons. The van der Waals surface area contributed by atoms with E-state index < -0.39 is 17.8 Å². The van der Waals surface area contributed by atoms with E-state index in [9.17, 15) is 14.7 Å². The van der Waals surface area contributed by atoms with E-state index in [1.807, 2.05) is 13.8 Å². The Morgan fingerprint density at radius 3 is 2.43 bits per heavy atom. The number of methoxy groups -OCH3 is 1. The number of nitrogens with zero attached hydrogens (tertiary/aromatic N) is 1. The lowest BCUT2D eigenvalue weighted by molar-refractivity contribution is -0.379. The zero-order chi connectivity index (χ0) is 20.3. The molecule has 1 aromatic heterocycles. The van der Waals surface area contributed by atoms with Crippen molar-refractivity contribution in [1.29, 1.82) is 0 Å². The van der Waals surface area contributed by atoms with E-state index in [0.717, 1.165) is 17.0 Å². The Labute approximate surface area is 164 Å². The first kappa shape index (κ1) is 20.1. The number of carboxylic acid groups (broad SMARTS) is 1. The van der Waals surface area contributed by atoms with Crippen molar-refractivity contribution in [3.8, 4) is 5.88 Å². The number of carboxylic acids is 1. The molecule has 0 unspecified atom stereocenters.